The first-order valence-electron chi connectivity index (χ1n) is 6.31. The van der Waals surface area contributed by atoms with Crippen LogP contribution in [0.1, 0.15) is 21.5 Å². The second kappa shape index (κ2) is 6.11. The topological polar surface area (TPSA) is 72.2 Å². The minimum atomic E-state index is -0.804. The van der Waals surface area contributed by atoms with E-state index in [9.17, 15) is 19.3 Å². The Hall–Kier alpha value is -2.47. The molecular formula is C15H12ClFN2O3. The molecule has 0 saturated carbocycles. The number of nitro groups is 1. The Balaban J connectivity index is 2.38. The molecule has 114 valence electrons. The van der Waals surface area contributed by atoms with Crippen LogP contribution in [0, 0.1) is 29.8 Å². The number of nitrogens with one attached hydrogen (secondary N) is 1. The molecule has 1 amide bonds. The number of anilines is 1. The highest BCUT2D eigenvalue weighted by molar-refractivity contribution is 6.31. The maximum absolute atomic E-state index is 13.7. The fraction of sp³-hybridized carbons (Fsp3) is 0.133. The highest BCUT2D eigenvalue weighted by Gasteiger charge is 2.19. The van der Waals surface area contributed by atoms with Crippen molar-refractivity contribution in [1.29, 1.82) is 0 Å². The van der Waals surface area contributed by atoms with E-state index in [4.69, 9.17) is 11.6 Å². The Morgan fingerprint density at radius 1 is 1.27 bits per heavy atom. The Morgan fingerprint density at radius 3 is 2.59 bits per heavy atom. The van der Waals surface area contributed by atoms with Crippen molar-refractivity contribution in [1.82, 2.24) is 0 Å². The third-order valence-electron chi connectivity index (χ3n) is 3.22. The van der Waals surface area contributed by atoms with Crippen LogP contribution in [0.4, 0.5) is 15.8 Å². The molecule has 0 fully saturated rings. The zero-order valence-electron chi connectivity index (χ0n) is 11.8. The predicted octanol–water partition coefficient (Wildman–Crippen LogP) is 4.26. The van der Waals surface area contributed by atoms with E-state index in [1.54, 1.807) is 25.1 Å². The first kappa shape index (κ1) is 15.9. The molecule has 0 atom stereocenters. The van der Waals surface area contributed by atoms with Crippen LogP contribution >= 0.6 is 11.6 Å². The van der Waals surface area contributed by atoms with Crippen LogP contribution in [-0.2, 0) is 0 Å². The van der Waals surface area contributed by atoms with Gasteiger partial charge in [-0.2, -0.15) is 0 Å². The third-order valence-corrected chi connectivity index (χ3v) is 3.46. The van der Waals surface area contributed by atoms with E-state index >= 15 is 0 Å². The molecule has 0 aliphatic carbocycles. The lowest BCUT2D eigenvalue weighted by Gasteiger charge is -2.09. The third kappa shape index (κ3) is 3.23. The van der Waals surface area contributed by atoms with Gasteiger partial charge < -0.3 is 5.32 Å². The first-order valence-corrected chi connectivity index (χ1v) is 6.69. The summed E-state index contributed by atoms with van der Waals surface area (Å²) in [5.41, 5.74) is 0.545. The van der Waals surface area contributed by atoms with Crippen LogP contribution < -0.4 is 5.32 Å². The van der Waals surface area contributed by atoms with Gasteiger partial charge in [-0.3, -0.25) is 14.9 Å². The van der Waals surface area contributed by atoms with Crippen LogP contribution in [0.3, 0.4) is 0 Å². The standard InChI is InChI=1S/C15H12ClFN2O3/c1-8-3-4-11(16)7-13(8)18-15(20)10-5-12(17)9(2)14(6-10)19(21)22/h3-7H,1-2H3,(H,18,20). The van der Waals surface area contributed by atoms with Gasteiger partial charge in [0.1, 0.15) is 5.82 Å². The van der Waals surface area contributed by atoms with E-state index in [2.05, 4.69) is 5.32 Å². The number of nitro benzene ring substituents is 1. The average molecular weight is 323 g/mol. The molecule has 0 aliphatic rings. The molecule has 5 nitrogen and oxygen atoms in total. The van der Waals surface area contributed by atoms with Gasteiger partial charge in [-0.15, -0.1) is 0 Å². The second-order valence-corrected chi connectivity index (χ2v) is 5.21. The summed E-state index contributed by atoms with van der Waals surface area (Å²) >= 11 is 5.86. The normalized spacial score (nSPS) is 10.4. The van der Waals surface area contributed by atoms with Gasteiger partial charge in [-0.25, -0.2) is 4.39 Å². The van der Waals surface area contributed by atoms with Crippen molar-refractivity contribution in [2.45, 2.75) is 13.8 Å². The summed E-state index contributed by atoms with van der Waals surface area (Å²) in [6, 6.07) is 6.96. The minimum absolute atomic E-state index is 0.111. The zero-order chi connectivity index (χ0) is 16.4. The lowest BCUT2D eigenvalue weighted by atomic mass is 10.1. The van der Waals surface area contributed by atoms with Crippen LogP contribution in [-0.4, -0.2) is 10.8 Å². The molecule has 0 unspecified atom stereocenters. The van der Waals surface area contributed by atoms with Crippen molar-refractivity contribution in [2.24, 2.45) is 0 Å². The number of aryl methyl sites for hydroxylation is 1. The SMILES string of the molecule is Cc1ccc(Cl)cc1NC(=O)c1cc(F)c(C)c([N+](=O)[O-])c1. The van der Waals surface area contributed by atoms with Crippen molar-refractivity contribution in [3.05, 3.63) is 68.0 Å². The Morgan fingerprint density at radius 2 is 1.95 bits per heavy atom. The van der Waals surface area contributed by atoms with Gasteiger partial charge in [0.2, 0.25) is 0 Å². The molecule has 0 bridgehead atoms. The summed E-state index contributed by atoms with van der Waals surface area (Å²) in [6.45, 7) is 3.06. The van der Waals surface area contributed by atoms with Crippen molar-refractivity contribution < 1.29 is 14.1 Å². The molecule has 2 rings (SSSR count). The van der Waals surface area contributed by atoms with E-state index in [1.165, 1.54) is 6.92 Å². The van der Waals surface area contributed by atoms with Gasteiger partial charge in [0.25, 0.3) is 11.6 Å². The summed E-state index contributed by atoms with van der Waals surface area (Å²) in [5.74, 6) is -1.45. The molecular weight excluding hydrogens is 311 g/mol. The number of hydrogen-bond acceptors (Lipinski definition) is 3. The van der Waals surface area contributed by atoms with Gasteiger partial charge in [0.15, 0.2) is 0 Å². The number of carbonyl (C=O) groups excluding carboxylic acids is 1. The predicted molar refractivity (Wildman–Crippen MR) is 81.9 cm³/mol. The van der Waals surface area contributed by atoms with E-state index < -0.39 is 22.3 Å². The largest absolute Gasteiger partial charge is 0.322 e. The summed E-state index contributed by atoms with van der Waals surface area (Å²) < 4.78 is 13.7. The van der Waals surface area contributed by atoms with Crippen molar-refractivity contribution >= 4 is 28.9 Å². The van der Waals surface area contributed by atoms with Crippen LogP contribution in [0.25, 0.3) is 0 Å². The highest BCUT2D eigenvalue weighted by Crippen LogP contribution is 2.25. The number of hydrogen-bond donors (Lipinski definition) is 1. The number of rotatable bonds is 3. The summed E-state index contributed by atoms with van der Waals surface area (Å²) in [4.78, 5) is 22.3. The summed E-state index contributed by atoms with van der Waals surface area (Å²) in [6.07, 6.45) is 0. The molecule has 0 aliphatic heterocycles. The molecule has 0 saturated heterocycles. The fourth-order valence-electron chi connectivity index (χ4n) is 1.91. The molecule has 0 spiro atoms. The fourth-order valence-corrected chi connectivity index (χ4v) is 2.08. The number of benzene rings is 2. The molecule has 1 N–H and O–H groups in total. The molecule has 0 heterocycles. The Bertz CT molecular complexity index is 778. The van der Waals surface area contributed by atoms with E-state index in [-0.39, 0.29) is 11.1 Å². The highest BCUT2D eigenvalue weighted by atomic mass is 35.5. The maximum atomic E-state index is 13.7. The first-order chi connectivity index (χ1) is 10.3. The van der Waals surface area contributed by atoms with Gasteiger partial charge in [0, 0.05) is 22.3 Å². The summed E-state index contributed by atoms with van der Waals surface area (Å²) in [7, 11) is 0. The maximum Gasteiger partial charge on any atom is 0.276 e. The van der Waals surface area contributed by atoms with Crippen molar-refractivity contribution in [2.75, 3.05) is 5.32 Å². The van der Waals surface area contributed by atoms with Gasteiger partial charge in [-0.1, -0.05) is 17.7 Å². The van der Waals surface area contributed by atoms with Gasteiger partial charge >= 0.3 is 0 Å². The molecule has 0 aromatic heterocycles. The van der Waals surface area contributed by atoms with Gasteiger partial charge in [-0.05, 0) is 37.6 Å². The van der Waals surface area contributed by atoms with Crippen LogP contribution in [0.15, 0.2) is 30.3 Å². The van der Waals surface area contributed by atoms with E-state index in [1.807, 2.05) is 0 Å². The van der Waals surface area contributed by atoms with Crippen LogP contribution in [0.2, 0.25) is 5.02 Å². The van der Waals surface area contributed by atoms with Crippen LogP contribution in [0.5, 0.6) is 0 Å². The van der Waals surface area contributed by atoms with E-state index in [0.29, 0.717) is 10.7 Å². The molecule has 2 aromatic carbocycles. The quantitative estimate of drug-likeness (QED) is 0.678. The lowest BCUT2D eigenvalue weighted by molar-refractivity contribution is -0.385. The summed E-state index contributed by atoms with van der Waals surface area (Å²) in [5, 5.41) is 13.9. The molecule has 2 aromatic rings. The second-order valence-electron chi connectivity index (χ2n) is 4.77. The minimum Gasteiger partial charge on any atom is -0.322 e. The van der Waals surface area contributed by atoms with Gasteiger partial charge in [0.05, 0.1) is 10.5 Å². The number of carbonyl (C=O) groups is 1. The van der Waals surface area contributed by atoms with Crippen molar-refractivity contribution in [3.8, 4) is 0 Å². The number of halogens is 2. The monoisotopic (exact) mass is 322 g/mol. The Kier molecular flexibility index (Phi) is 4.42. The molecule has 7 heteroatoms. The zero-order valence-corrected chi connectivity index (χ0v) is 12.6. The van der Waals surface area contributed by atoms with Crippen molar-refractivity contribution in [3.63, 3.8) is 0 Å². The average Bonchev–Trinajstić information content (AvgIpc) is 2.45. The van der Waals surface area contributed by atoms with E-state index in [0.717, 1.165) is 17.7 Å². The molecule has 0 radical (unpaired) electrons. The smallest absolute Gasteiger partial charge is 0.276 e. The number of nitrogens with zero attached hydrogens (tertiary/aromatic N) is 1. The number of amides is 1. The lowest BCUT2D eigenvalue weighted by Crippen LogP contribution is -2.14. The Labute approximate surface area is 130 Å². The molecule has 22 heavy (non-hydrogen) atoms.